The zero-order valence-corrected chi connectivity index (χ0v) is 9.73. The Morgan fingerprint density at radius 2 is 1.62 bits per heavy atom. The van der Waals surface area contributed by atoms with Crippen LogP contribution in [0, 0.1) is 0 Å². The summed E-state index contributed by atoms with van der Waals surface area (Å²) in [5, 5.41) is 15.3. The number of aliphatic carboxylic acids is 2. The Hall–Kier alpha value is -0.590. The Kier molecular flexibility index (Phi) is 16.0. The Morgan fingerprint density at radius 3 is 1.69 bits per heavy atom. The van der Waals surface area contributed by atoms with E-state index in [1.54, 1.807) is 6.92 Å². The molecule has 13 heavy (non-hydrogen) atoms. The van der Waals surface area contributed by atoms with Crippen LogP contribution in [0.1, 0.15) is 15.3 Å². The minimum atomic E-state index is -1.55. The van der Waals surface area contributed by atoms with E-state index < -0.39 is 17.9 Å². The molecule has 0 radical (unpaired) electrons. The maximum absolute atomic E-state index is 9.92. The molecule has 0 unspecified atom stereocenters. The van der Waals surface area contributed by atoms with E-state index in [2.05, 4.69) is 4.74 Å². The molecule has 2 N–H and O–H groups in total. The Balaban J connectivity index is -0.0000000733. The van der Waals surface area contributed by atoms with Gasteiger partial charge < -0.3 is 16.4 Å². The van der Waals surface area contributed by atoms with Gasteiger partial charge >= 0.3 is 41.5 Å². The number of carboxylic acids is 2. The maximum Gasteiger partial charge on any atom is 1.00 e. The van der Waals surface area contributed by atoms with Crippen molar-refractivity contribution in [3.63, 3.8) is 0 Å². The van der Waals surface area contributed by atoms with Gasteiger partial charge in [-0.25, -0.2) is 9.59 Å². The van der Waals surface area contributed by atoms with Gasteiger partial charge in [-0.05, 0) is 6.92 Å². The Morgan fingerprint density at radius 1 is 1.31 bits per heavy atom. The topological polar surface area (TPSA) is 101 Å². The van der Waals surface area contributed by atoms with Crippen LogP contribution in [0.5, 0.6) is 0 Å². The van der Waals surface area contributed by atoms with Crippen molar-refractivity contribution in [3.05, 3.63) is 0 Å². The second-order valence-corrected chi connectivity index (χ2v) is 1.54. The summed E-state index contributed by atoms with van der Waals surface area (Å²) in [4.78, 5) is 28.5. The van der Waals surface area contributed by atoms with Crippen LogP contribution in [0.3, 0.4) is 0 Å². The molecule has 7 heteroatoms. The van der Waals surface area contributed by atoms with Crippen molar-refractivity contribution in [2.75, 3.05) is 6.61 Å². The van der Waals surface area contributed by atoms with Crippen LogP contribution in [-0.2, 0) is 19.1 Å². The third-order valence-corrected chi connectivity index (χ3v) is 0.450. The molecular weight excluding hydrogens is 191 g/mol. The molecule has 0 heterocycles. The predicted octanol–water partition coefficient (Wildman–Crippen LogP) is -3.16. The van der Waals surface area contributed by atoms with E-state index in [0.29, 0.717) is 0 Å². The molecule has 0 spiro atoms. The molecule has 0 saturated heterocycles. The van der Waals surface area contributed by atoms with Crippen LogP contribution in [0.2, 0.25) is 0 Å². The fourth-order valence-corrected chi connectivity index (χ4v) is 0.193. The maximum atomic E-state index is 9.92. The quantitative estimate of drug-likeness (QED) is 0.264. The molecule has 0 aliphatic carbocycles. The van der Waals surface area contributed by atoms with Crippen molar-refractivity contribution in [1.82, 2.24) is 0 Å². The number of ether oxygens (including phenoxy) is 1. The van der Waals surface area contributed by atoms with E-state index in [1.165, 1.54) is 0 Å². The van der Waals surface area contributed by atoms with E-state index in [-0.39, 0.29) is 37.6 Å². The predicted molar refractivity (Wildman–Crippen MR) is 38.7 cm³/mol. The third-order valence-electron chi connectivity index (χ3n) is 0.450. The first kappa shape index (κ1) is 18.2. The van der Waals surface area contributed by atoms with Crippen molar-refractivity contribution in [2.24, 2.45) is 0 Å². The van der Waals surface area contributed by atoms with E-state index in [9.17, 15) is 9.59 Å². The van der Waals surface area contributed by atoms with E-state index in [4.69, 9.17) is 15.0 Å². The molecule has 6 nitrogen and oxygen atoms in total. The average Bonchev–Trinajstić information content (AvgIpc) is 1.86. The summed E-state index contributed by atoms with van der Waals surface area (Å²) in [7, 11) is 0. The van der Waals surface area contributed by atoms with Crippen LogP contribution in [-0.4, -0.2) is 34.7 Å². The third kappa shape index (κ3) is 24.6. The summed E-state index contributed by atoms with van der Waals surface area (Å²) in [5.74, 6) is -3.58. The van der Waals surface area contributed by atoms with Gasteiger partial charge in [0.1, 0.15) is 0 Å². The summed E-state index contributed by atoms with van der Waals surface area (Å²) in [6.07, 6.45) is 0. The minimum absolute atomic E-state index is 0. The second kappa shape index (κ2) is 11.4. The zero-order chi connectivity index (χ0) is 10.1. The second-order valence-electron chi connectivity index (χ2n) is 1.54. The summed E-state index contributed by atoms with van der Waals surface area (Å²) < 4.78 is 4.06. The molecule has 0 fully saturated rings. The Bertz CT molecular complexity index is 179. The Labute approximate surface area is 98.7 Å². The summed E-state index contributed by atoms with van der Waals surface area (Å²) in [6, 6.07) is 0. The molecule has 0 aliphatic heterocycles. The van der Waals surface area contributed by atoms with Gasteiger partial charge in [-0.2, -0.15) is 0 Å². The molecule has 0 aromatic carbocycles. The molecular formula is C6H11NaO6. The minimum Gasteiger partial charge on any atom is -1.00 e. The van der Waals surface area contributed by atoms with Crippen LogP contribution in [0.4, 0.5) is 0 Å². The number of carbonyl (C=O) groups excluding carboxylic acids is 1. The summed E-state index contributed by atoms with van der Waals surface area (Å²) >= 11 is 0. The first-order valence-corrected chi connectivity index (χ1v) is 3.01. The SMILES string of the molecule is CC(=O)O.CCOC(=O)C(=O)O.[H-].[Na+]. The van der Waals surface area contributed by atoms with Crippen LogP contribution in [0.15, 0.2) is 0 Å². The molecule has 0 rings (SSSR count). The number of hydrogen-bond donors (Lipinski definition) is 2. The van der Waals surface area contributed by atoms with Gasteiger partial charge in [-0.15, -0.1) is 0 Å². The largest absolute Gasteiger partial charge is 1.00 e. The number of hydrogen-bond acceptors (Lipinski definition) is 4. The molecule has 0 bridgehead atoms. The molecule has 0 amide bonds. The van der Waals surface area contributed by atoms with Gasteiger partial charge in [0.15, 0.2) is 0 Å². The van der Waals surface area contributed by atoms with Crippen LogP contribution in [0.25, 0.3) is 0 Å². The van der Waals surface area contributed by atoms with Crippen molar-refractivity contribution in [1.29, 1.82) is 0 Å². The van der Waals surface area contributed by atoms with E-state index in [1.807, 2.05) is 0 Å². The van der Waals surface area contributed by atoms with Gasteiger partial charge in [0.2, 0.25) is 0 Å². The molecule has 0 aliphatic rings. The van der Waals surface area contributed by atoms with Crippen molar-refractivity contribution >= 4 is 17.9 Å². The standard InChI is InChI=1S/C4H6O4.C2H4O2.Na.H/c1-2-8-4(7)3(5)6;1-2(3)4;;/h2H2,1H3,(H,5,6);1H3,(H,3,4);;/q;;+1;-1. The summed E-state index contributed by atoms with van der Waals surface area (Å²) in [5.41, 5.74) is 0. The van der Waals surface area contributed by atoms with Gasteiger partial charge in [0.25, 0.3) is 5.97 Å². The summed E-state index contributed by atoms with van der Waals surface area (Å²) in [6.45, 7) is 2.73. The van der Waals surface area contributed by atoms with Crippen molar-refractivity contribution < 1.29 is 60.3 Å². The van der Waals surface area contributed by atoms with Crippen LogP contribution < -0.4 is 29.6 Å². The fraction of sp³-hybridized carbons (Fsp3) is 0.500. The molecule has 0 atom stereocenters. The van der Waals surface area contributed by atoms with Gasteiger partial charge in [0.05, 0.1) is 6.61 Å². The number of esters is 1. The zero-order valence-electron chi connectivity index (χ0n) is 8.73. The van der Waals surface area contributed by atoms with Gasteiger partial charge in [-0.1, -0.05) is 0 Å². The normalized spacial score (nSPS) is 6.92. The number of carboxylic acid groups (broad SMARTS) is 2. The molecule has 72 valence electrons. The van der Waals surface area contributed by atoms with Crippen molar-refractivity contribution in [2.45, 2.75) is 13.8 Å². The molecule has 0 aromatic heterocycles. The number of carbonyl (C=O) groups is 3. The molecule has 0 saturated carbocycles. The first-order valence-electron chi connectivity index (χ1n) is 3.01. The van der Waals surface area contributed by atoms with E-state index >= 15 is 0 Å². The van der Waals surface area contributed by atoms with Crippen LogP contribution >= 0.6 is 0 Å². The van der Waals surface area contributed by atoms with E-state index in [0.717, 1.165) is 6.92 Å². The number of rotatable bonds is 1. The average molecular weight is 202 g/mol. The van der Waals surface area contributed by atoms with Gasteiger partial charge in [-0.3, -0.25) is 4.79 Å². The monoisotopic (exact) mass is 202 g/mol. The molecule has 0 aromatic rings. The van der Waals surface area contributed by atoms with Gasteiger partial charge in [0, 0.05) is 6.92 Å². The first-order chi connectivity index (χ1) is 5.41. The van der Waals surface area contributed by atoms with Crippen molar-refractivity contribution in [3.8, 4) is 0 Å². The smallest absolute Gasteiger partial charge is 1.00 e. The fourth-order valence-electron chi connectivity index (χ4n) is 0.193.